The number of halogens is 1. The molecule has 2 aromatic carbocycles. The van der Waals surface area contributed by atoms with Crippen LogP contribution in [0.1, 0.15) is 0 Å². The minimum atomic E-state index is -0.383. The lowest BCUT2D eigenvalue weighted by atomic mass is 10.1. The van der Waals surface area contributed by atoms with E-state index in [9.17, 15) is 4.39 Å². The van der Waals surface area contributed by atoms with E-state index in [0.29, 0.717) is 11.3 Å². The highest BCUT2D eigenvalue weighted by Crippen LogP contribution is 2.37. The summed E-state index contributed by atoms with van der Waals surface area (Å²) < 4.78 is 19.7. The van der Waals surface area contributed by atoms with E-state index >= 15 is 0 Å². The Bertz CT molecular complexity index is 662. The van der Waals surface area contributed by atoms with E-state index in [1.807, 2.05) is 35.7 Å². The number of hydrogen-bond donors (Lipinski definition) is 0. The molecule has 1 heterocycles. The molecule has 19 heavy (non-hydrogen) atoms. The smallest absolute Gasteiger partial charge is 0.172 e. The van der Waals surface area contributed by atoms with E-state index < -0.39 is 0 Å². The fourth-order valence-corrected chi connectivity index (χ4v) is 2.50. The highest BCUT2D eigenvalue weighted by Gasteiger charge is 2.13. The minimum absolute atomic E-state index is 0.219. The van der Waals surface area contributed by atoms with Crippen LogP contribution < -0.4 is 4.74 Å². The van der Waals surface area contributed by atoms with Crippen molar-refractivity contribution in [2.75, 3.05) is 0 Å². The molecule has 0 fully saturated rings. The molecule has 0 saturated carbocycles. The largest absolute Gasteiger partial charge is 0.454 e. The number of ether oxygens (including phenoxy) is 1. The molecule has 0 bridgehead atoms. The molecule has 3 heteroatoms. The van der Waals surface area contributed by atoms with Gasteiger partial charge in [0, 0.05) is 10.4 Å². The summed E-state index contributed by atoms with van der Waals surface area (Å²) in [6, 6.07) is 19.0. The van der Waals surface area contributed by atoms with Crippen LogP contribution >= 0.6 is 11.3 Å². The molecule has 1 nitrogen and oxygen atoms in total. The SMILES string of the molecule is Fc1cc[c]c(-c2cccs2)c1Oc1ccccc1. The molecule has 0 amide bonds. The van der Waals surface area contributed by atoms with E-state index in [-0.39, 0.29) is 11.6 Å². The summed E-state index contributed by atoms with van der Waals surface area (Å²) >= 11 is 1.53. The van der Waals surface area contributed by atoms with Gasteiger partial charge in [0.2, 0.25) is 0 Å². The van der Waals surface area contributed by atoms with E-state index in [1.54, 1.807) is 18.2 Å². The lowest BCUT2D eigenvalue weighted by Gasteiger charge is -2.10. The molecule has 1 aromatic heterocycles. The number of para-hydroxylation sites is 1. The number of benzene rings is 2. The highest BCUT2D eigenvalue weighted by molar-refractivity contribution is 7.13. The fourth-order valence-electron chi connectivity index (χ4n) is 1.77. The van der Waals surface area contributed by atoms with Crippen LogP contribution in [0, 0.1) is 11.9 Å². The van der Waals surface area contributed by atoms with Crippen LogP contribution in [0.3, 0.4) is 0 Å². The minimum Gasteiger partial charge on any atom is -0.454 e. The summed E-state index contributed by atoms with van der Waals surface area (Å²) in [5.74, 6) is 0.445. The molecule has 0 spiro atoms. The van der Waals surface area contributed by atoms with Gasteiger partial charge in [0.15, 0.2) is 11.6 Å². The Morgan fingerprint density at radius 2 is 1.84 bits per heavy atom. The maximum absolute atomic E-state index is 14.0. The Labute approximate surface area is 114 Å². The Balaban J connectivity index is 2.05. The first-order valence-corrected chi connectivity index (χ1v) is 6.69. The van der Waals surface area contributed by atoms with Crippen molar-refractivity contribution in [3.05, 3.63) is 71.9 Å². The van der Waals surface area contributed by atoms with Crippen molar-refractivity contribution in [3.8, 4) is 21.9 Å². The average molecular weight is 269 g/mol. The summed E-state index contributed by atoms with van der Waals surface area (Å²) in [5.41, 5.74) is 0.652. The van der Waals surface area contributed by atoms with Crippen LogP contribution in [0.2, 0.25) is 0 Å². The van der Waals surface area contributed by atoms with Crippen molar-refractivity contribution < 1.29 is 9.13 Å². The van der Waals surface area contributed by atoms with Gasteiger partial charge in [-0.05, 0) is 35.7 Å². The van der Waals surface area contributed by atoms with Gasteiger partial charge in [-0.3, -0.25) is 0 Å². The van der Waals surface area contributed by atoms with E-state index in [1.165, 1.54) is 17.4 Å². The first kappa shape index (κ1) is 11.9. The second-order valence-electron chi connectivity index (χ2n) is 3.92. The maximum atomic E-state index is 14.0. The van der Waals surface area contributed by atoms with Crippen molar-refractivity contribution >= 4 is 11.3 Å². The van der Waals surface area contributed by atoms with Crippen molar-refractivity contribution in [1.29, 1.82) is 0 Å². The number of thiophene rings is 1. The Morgan fingerprint density at radius 1 is 1.00 bits per heavy atom. The average Bonchev–Trinajstić information content (AvgIpc) is 2.96. The molecule has 3 aromatic rings. The normalized spacial score (nSPS) is 10.4. The van der Waals surface area contributed by atoms with E-state index in [4.69, 9.17) is 4.74 Å². The predicted octanol–water partition coefficient (Wildman–Crippen LogP) is 5.15. The lowest BCUT2D eigenvalue weighted by Crippen LogP contribution is -1.91. The molecule has 0 aliphatic carbocycles. The molecular formula is C16H10FOS. The Morgan fingerprint density at radius 3 is 2.58 bits per heavy atom. The van der Waals surface area contributed by atoms with Gasteiger partial charge in [-0.1, -0.05) is 30.3 Å². The van der Waals surface area contributed by atoms with Gasteiger partial charge >= 0.3 is 0 Å². The van der Waals surface area contributed by atoms with Gasteiger partial charge in [-0.2, -0.15) is 0 Å². The molecule has 1 radical (unpaired) electrons. The first-order valence-electron chi connectivity index (χ1n) is 5.81. The Kier molecular flexibility index (Phi) is 3.29. The summed E-state index contributed by atoms with van der Waals surface area (Å²) in [5, 5.41) is 1.94. The molecule has 0 atom stereocenters. The van der Waals surface area contributed by atoms with E-state index in [0.717, 1.165) is 4.88 Å². The van der Waals surface area contributed by atoms with Crippen molar-refractivity contribution in [1.82, 2.24) is 0 Å². The summed E-state index contributed by atoms with van der Waals surface area (Å²) in [6.07, 6.45) is 0. The molecular weight excluding hydrogens is 259 g/mol. The molecule has 0 aliphatic heterocycles. The first-order chi connectivity index (χ1) is 9.34. The second-order valence-corrected chi connectivity index (χ2v) is 4.87. The van der Waals surface area contributed by atoms with Crippen LogP contribution in [-0.2, 0) is 0 Å². The van der Waals surface area contributed by atoms with Gasteiger partial charge in [0.1, 0.15) is 5.75 Å². The van der Waals surface area contributed by atoms with Gasteiger partial charge < -0.3 is 4.74 Å². The highest BCUT2D eigenvalue weighted by atomic mass is 32.1. The molecule has 0 saturated heterocycles. The zero-order valence-corrected chi connectivity index (χ0v) is 10.8. The van der Waals surface area contributed by atoms with Crippen LogP contribution in [-0.4, -0.2) is 0 Å². The summed E-state index contributed by atoms with van der Waals surface area (Å²) in [6.45, 7) is 0. The molecule has 3 rings (SSSR count). The zero-order valence-electron chi connectivity index (χ0n) is 9.97. The van der Waals surface area contributed by atoms with Crippen molar-refractivity contribution in [3.63, 3.8) is 0 Å². The third kappa shape index (κ3) is 2.51. The second kappa shape index (κ2) is 5.24. The van der Waals surface area contributed by atoms with Crippen molar-refractivity contribution in [2.45, 2.75) is 0 Å². The molecule has 0 aliphatic rings. The molecule has 0 unspecified atom stereocenters. The molecule has 0 N–H and O–H groups in total. The maximum Gasteiger partial charge on any atom is 0.172 e. The third-order valence-electron chi connectivity index (χ3n) is 2.63. The monoisotopic (exact) mass is 269 g/mol. The summed E-state index contributed by atoms with van der Waals surface area (Å²) in [4.78, 5) is 0.936. The lowest BCUT2D eigenvalue weighted by molar-refractivity contribution is 0.444. The van der Waals surface area contributed by atoms with Gasteiger partial charge in [0.05, 0.1) is 0 Å². The van der Waals surface area contributed by atoms with Crippen LogP contribution in [0.5, 0.6) is 11.5 Å². The quantitative estimate of drug-likeness (QED) is 0.639. The topological polar surface area (TPSA) is 9.23 Å². The predicted molar refractivity (Wildman–Crippen MR) is 75.1 cm³/mol. The van der Waals surface area contributed by atoms with Gasteiger partial charge in [-0.25, -0.2) is 4.39 Å². The Hall–Kier alpha value is -2.13. The third-order valence-corrected chi connectivity index (χ3v) is 3.52. The van der Waals surface area contributed by atoms with E-state index in [2.05, 4.69) is 6.07 Å². The zero-order chi connectivity index (χ0) is 13.1. The van der Waals surface area contributed by atoms with Gasteiger partial charge in [-0.15, -0.1) is 11.3 Å². The number of hydrogen-bond acceptors (Lipinski definition) is 2. The van der Waals surface area contributed by atoms with Crippen LogP contribution in [0.4, 0.5) is 4.39 Å². The standard InChI is InChI=1S/C16H10FOS/c17-14-9-4-8-13(15-10-5-11-19-15)16(14)18-12-6-2-1-3-7-12/h1-7,9-11H. The fraction of sp³-hybridized carbons (Fsp3) is 0. The summed E-state index contributed by atoms with van der Waals surface area (Å²) in [7, 11) is 0. The van der Waals surface area contributed by atoms with Crippen molar-refractivity contribution in [2.24, 2.45) is 0 Å². The number of rotatable bonds is 3. The van der Waals surface area contributed by atoms with Crippen LogP contribution in [0.25, 0.3) is 10.4 Å². The molecule has 93 valence electrons. The van der Waals surface area contributed by atoms with Crippen LogP contribution in [0.15, 0.2) is 60.0 Å². The van der Waals surface area contributed by atoms with Gasteiger partial charge in [0.25, 0.3) is 0 Å².